The lowest BCUT2D eigenvalue weighted by molar-refractivity contribution is -0.131. The van der Waals surface area contributed by atoms with Crippen molar-refractivity contribution >= 4 is 16.9 Å². The molecule has 3 heteroatoms. The first-order valence-electron chi connectivity index (χ1n) is 6.07. The third-order valence-electron chi connectivity index (χ3n) is 2.20. The van der Waals surface area contributed by atoms with E-state index in [1.807, 2.05) is 13.8 Å². The van der Waals surface area contributed by atoms with Crippen LogP contribution in [0.1, 0.15) is 48.0 Å². The van der Waals surface area contributed by atoms with E-state index < -0.39 is 5.60 Å². The standard InChI is InChI=1S/C13H26O2S/c1-10(2)7-8-15-13(5,6)12(14)16-9-11(3)4/h10-11H,7-9H2,1-6H3. The van der Waals surface area contributed by atoms with Gasteiger partial charge in [0.15, 0.2) is 0 Å². The predicted molar refractivity (Wildman–Crippen MR) is 71.8 cm³/mol. The Hall–Kier alpha value is -0.0200. The van der Waals surface area contributed by atoms with E-state index in [4.69, 9.17) is 4.74 Å². The van der Waals surface area contributed by atoms with Gasteiger partial charge in [0, 0.05) is 12.4 Å². The molecule has 0 N–H and O–H groups in total. The predicted octanol–water partition coefficient (Wildman–Crippen LogP) is 3.74. The Kier molecular flexibility index (Phi) is 7.32. The summed E-state index contributed by atoms with van der Waals surface area (Å²) in [5.74, 6) is 2.03. The lowest BCUT2D eigenvalue weighted by Gasteiger charge is -2.24. The zero-order chi connectivity index (χ0) is 12.8. The normalized spacial score (nSPS) is 12.5. The summed E-state index contributed by atoms with van der Waals surface area (Å²) in [6.45, 7) is 12.9. The Labute approximate surface area is 105 Å². The average Bonchev–Trinajstić information content (AvgIpc) is 2.12. The topological polar surface area (TPSA) is 26.3 Å². The molecule has 0 amide bonds. The van der Waals surface area contributed by atoms with E-state index in [0.717, 1.165) is 12.2 Å². The monoisotopic (exact) mass is 246 g/mol. The van der Waals surface area contributed by atoms with Gasteiger partial charge < -0.3 is 4.74 Å². The van der Waals surface area contributed by atoms with Crippen molar-refractivity contribution in [3.63, 3.8) is 0 Å². The fraction of sp³-hybridized carbons (Fsp3) is 0.923. The fourth-order valence-electron chi connectivity index (χ4n) is 1.02. The highest BCUT2D eigenvalue weighted by Crippen LogP contribution is 2.21. The van der Waals surface area contributed by atoms with Gasteiger partial charge in [-0.05, 0) is 32.1 Å². The summed E-state index contributed by atoms with van der Waals surface area (Å²) in [5, 5.41) is 0.143. The first kappa shape index (κ1) is 16.0. The van der Waals surface area contributed by atoms with Gasteiger partial charge in [-0.2, -0.15) is 0 Å². The highest BCUT2D eigenvalue weighted by atomic mass is 32.2. The number of ether oxygens (including phenoxy) is 1. The quantitative estimate of drug-likeness (QED) is 0.684. The summed E-state index contributed by atoms with van der Waals surface area (Å²) in [5.41, 5.74) is -0.644. The second-order valence-corrected chi connectivity index (χ2v) is 6.53. The van der Waals surface area contributed by atoms with E-state index in [1.165, 1.54) is 11.8 Å². The average molecular weight is 246 g/mol. The highest BCUT2D eigenvalue weighted by Gasteiger charge is 2.28. The van der Waals surface area contributed by atoms with Crippen LogP contribution in [0.25, 0.3) is 0 Å². The zero-order valence-electron chi connectivity index (χ0n) is 11.5. The zero-order valence-corrected chi connectivity index (χ0v) is 12.3. The summed E-state index contributed by atoms with van der Waals surface area (Å²) in [6, 6.07) is 0. The van der Waals surface area contributed by atoms with Crippen molar-refractivity contribution in [2.75, 3.05) is 12.4 Å². The molecule has 0 aromatic heterocycles. The van der Waals surface area contributed by atoms with E-state index in [-0.39, 0.29) is 5.12 Å². The van der Waals surface area contributed by atoms with Gasteiger partial charge in [0.05, 0.1) is 0 Å². The number of hydrogen-bond donors (Lipinski definition) is 0. The van der Waals surface area contributed by atoms with Crippen molar-refractivity contribution in [1.29, 1.82) is 0 Å². The van der Waals surface area contributed by atoms with E-state index in [0.29, 0.717) is 18.4 Å². The van der Waals surface area contributed by atoms with Crippen LogP contribution in [0.3, 0.4) is 0 Å². The maximum atomic E-state index is 11.9. The van der Waals surface area contributed by atoms with Gasteiger partial charge in [-0.1, -0.05) is 39.5 Å². The molecular formula is C13H26O2S. The van der Waals surface area contributed by atoms with Crippen molar-refractivity contribution in [1.82, 2.24) is 0 Å². The van der Waals surface area contributed by atoms with E-state index in [1.54, 1.807) is 0 Å². The smallest absolute Gasteiger partial charge is 0.220 e. The van der Waals surface area contributed by atoms with Gasteiger partial charge in [-0.3, -0.25) is 4.79 Å². The molecule has 0 bridgehead atoms. The van der Waals surface area contributed by atoms with Crippen LogP contribution in [-0.4, -0.2) is 23.1 Å². The maximum Gasteiger partial charge on any atom is 0.220 e. The Morgan fingerprint density at radius 1 is 1.19 bits per heavy atom. The van der Waals surface area contributed by atoms with E-state index in [9.17, 15) is 4.79 Å². The van der Waals surface area contributed by atoms with Gasteiger partial charge in [0.25, 0.3) is 0 Å². The lowest BCUT2D eigenvalue weighted by atomic mass is 10.1. The molecule has 0 aromatic carbocycles. The van der Waals surface area contributed by atoms with Crippen LogP contribution < -0.4 is 0 Å². The summed E-state index contributed by atoms with van der Waals surface area (Å²) in [7, 11) is 0. The summed E-state index contributed by atoms with van der Waals surface area (Å²) in [4.78, 5) is 11.9. The molecule has 0 aliphatic heterocycles. The third-order valence-corrected chi connectivity index (χ3v) is 3.78. The molecular weight excluding hydrogens is 220 g/mol. The molecule has 0 radical (unpaired) electrons. The van der Waals surface area contributed by atoms with Crippen LogP contribution in [0, 0.1) is 11.8 Å². The van der Waals surface area contributed by atoms with Crippen LogP contribution in [0.2, 0.25) is 0 Å². The lowest BCUT2D eigenvalue weighted by Crippen LogP contribution is -2.34. The molecule has 2 nitrogen and oxygen atoms in total. The molecule has 0 aliphatic rings. The fourth-order valence-corrected chi connectivity index (χ4v) is 1.92. The number of rotatable bonds is 7. The molecule has 0 rings (SSSR count). The first-order valence-corrected chi connectivity index (χ1v) is 7.05. The van der Waals surface area contributed by atoms with Crippen LogP contribution in [0.5, 0.6) is 0 Å². The summed E-state index contributed by atoms with van der Waals surface area (Å²) < 4.78 is 5.66. The Balaban J connectivity index is 3.95. The summed E-state index contributed by atoms with van der Waals surface area (Å²) >= 11 is 1.39. The highest BCUT2D eigenvalue weighted by molar-refractivity contribution is 8.13. The molecule has 0 aliphatic carbocycles. The second kappa shape index (κ2) is 7.33. The molecule has 0 saturated carbocycles. The molecule has 0 atom stereocenters. The Bertz CT molecular complexity index is 210. The van der Waals surface area contributed by atoms with Crippen LogP contribution in [-0.2, 0) is 9.53 Å². The SMILES string of the molecule is CC(C)CCOC(C)(C)C(=O)SCC(C)C. The van der Waals surface area contributed by atoms with Gasteiger partial charge >= 0.3 is 0 Å². The molecule has 0 heterocycles. The molecule has 0 aromatic rings. The van der Waals surface area contributed by atoms with Gasteiger partial charge in [0.2, 0.25) is 5.12 Å². The van der Waals surface area contributed by atoms with Crippen LogP contribution >= 0.6 is 11.8 Å². The van der Waals surface area contributed by atoms with E-state index in [2.05, 4.69) is 27.7 Å². The number of carbonyl (C=O) groups excluding carboxylic acids is 1. The van der Waals surface area contributed by atoms with Crippen molar-refractivity contribution in [2.45, 2.75) is 53.6 Å². The largest absolute Gasteiger partial charge is 0.367 e. The van der Waals surface area contributed by atoms with Gasteiger partial charge in [0.1, 0.15) is 5.60 Å². The Morgan fingerprint density at radius 3 is 2.19 bits per heavy atom. The molecule has 96 valence electrons. The van der Waals surface area contributed by atoms with Crippen molar-refractivity contribution in [2.24, 2.45) is 11.8 Å². The Morgan fingerprint density at radius 2 is 1.75 bits per heavy atom. The molecule has 16 heavy (non-hydrogen) atoms. The third kappa shape index (κ3) is 7.29. The molecule has 0 spiro atoms. The van der Waals surface area contributed by atoms with Crippen LogP contribution in [0.4, 0.5) is 0 Å². The van der Waals surface area contributed by atoms with Crippen molar-refractivity contribution in [3.8, 4) is 0 Å². The number of thioether (sulfide) groups is 1. The second-order valence-electron chi connectivity index (χ2n) is 5.53. The van der Waals surface area contributed by atoms with Gasteiger partial charge in [-0.15, -0.1) is 0 Å². The number of carbonyl (C=O) groups is 1. The minimum Gasteiger partial charge on any atom is -0.367 e. The van der Waals surface area contributed by atoms with Gasteiger partial charge in [-0.25, -0.2) is 0 Å². The number of hydrogen-bond acceptors (Lipinski definition) is 3. The molecule has 0 saturated heterocycles. The maximum absolute atomic E-state index is 11.9. The molecule has 0 unspecified atom stereocenters. The van der Waals surface area contributed by atoms with Crippen molar-refractivity contribution in [3.05, 3.63) is 0 Å². The summed E-state index contributed by atoms with van der Waals surface area (Å²) in [6.07, 6.45) is 1.01. The first-order chi connectivity index (χ1) is 7.25. The van der Waals surface area contributed by atoms with E-state index >= 15 is 0 Å². The molecule has 0 fully saturated rings. The van der Waals surface area contributed by atoms with Crippen LogP contribution in [0.15, 0.2) is 0 Å². The minimum absolute atomic E-state index is 0.143. The minimum atomic E-state index is -0.644. The van der Waals surface area contributed by atoms with Crippen molar-refractivity contribution < 1.29 is 9.53 Å².